The van der Waals surface area contributed by atoms with Gasteiger partial charge in [-0.3, -0.25) is 0 Å². The second-order valence-corrected chi connectivity index (χ2v) is 4.07. The Morgan fingerprint density at radius 1 is 0.941 bits per heavy atom. The molecule has 0 aliphatic heterocycles. The fourth-order valence-corrected chi connectivity index (χ4v) is 1.84. The molecule has 2 rings (SSSR count). The van der Waals surface area contributed by atoms with Crippen molar-refractivity contribution in [3.8, 4) is 22.9 Å². The van der Waals surface area contributed by atoms with Gasteiger partial charge in [-0.2, -0.15) is 5.26 Å². The maximum atomic E-state index is 9.61. The highest BCUT2D eigenvalue weighted by molar-refractivity contribution is 5.70. The summed E-state index contributed by atoms with van der Waals surface area (Å²) in [5.41, 5.74) is 4.76. The molecule has 0 aromatic heterocycles. The minimum absolute atomic E-state index is 0.319. The van der Waals surface area contributed by atoms with Gasteiger partial charge in [0.1, 0.15) is 5.75 Å². The van der Waals surface area contributed by atoms with E-state index in [1.54, 1.807) is 18.2 Å². The number of benzene rings is 2. The highest BCUT2D eigenvalue weighted by atomic mass is 16.3. The summed E-state index contributed by atoms with van der Waals surface area (Å²) in [5.74, 6) is 0.319. The molecule has 0 atom stereocenters. The molecular weight excluding hydrogens is 210 g/mol. The maximum absolute atomic E-state index is 9.61. The zero-order valence-corrected chi connectivity index (χ0v) is 9.86. The molecule has 0 saturated heterocycles. The van der Waals surface area contributed by atoms with E-state index >= 15 is 0 Å². The lowest BCUT2D eigenvalue weighted by atomic mass is 9.96. The molecule has 0 heterocycles. The van der Waals surface area contributed by atoms with E-state index in [2.05, 4.69) is 6.07 Å². The number of rotatable bonds is 1. The molecule has 0 saturated carbocycles. The molecule has 2 aromatic rings. The summed E-state index contributed by atoms with van der Waals surface area (Å²) in [5, 5.41) is 18.4. The predicted octanol–water partition coefficient (Wildman–Crippen LogP) is 3.55. The monoisotopic (exact) mass is 223 g/mol. The van der Waals surface area contributed by atoms with E-state index in [4.69, 9.17) is 5.26 Å². The van der Waals surface area contributed by atoms with Gasteiger partial charge < -0.3 is 5.11 Å². The lowest BCUT2D eigenvalue weighted by Crippen LogP contribution is -1.88. The summed E-state index contributed by atoms with van der Waals surface area (Å²) in [6, 6.07) is 13.2. The Labute approximate surface area is 101 Å². The van der Waals surface area contributed by atoms with Crippen LogP contribution in [0.15, 0.2) is 36.4 Å². The van der Waals surface area contributed by atoms with E-state index in [0.29, 0.717) is 11.3 Å². The molecule has 84 valence electrons. The first-order valence-electron chi connectivity index (χ1n) is 5.43. The molecule has 0 radical (unpaired) electrons. The van der Waals surface area contributed by atoms with Crippen molar-refractivity contribution in [1.82, 2.24) is 0 Å². The van der Waals surface area contributed by atoms with Crippen molar-refractivity contribution in [3.63, 3.8) is 0 Å². The Bertz CT molecular complexity index is 592. The highest BCUT2D eigenvalue weighted by Crippen LogP contribution is 2.30. The van der Waals surface area contributed by atoms with Crippen LogP contribution in [-0.2, 0) is 0 Å². The number of hydrogen-bond acceptors (Lipinski definition) is 2. The quantitative estimate of drug-likeness (QED) is 0.803. The second-order valence-electron chi connectivity index (χ2n) is 4.07. The van der Waals surface area contributed by atoms with Crippen LogP contribution in [0.25, 0.3) is 11.1 Å². The lowest BCUT2D eigenvalue weighted by molar-refractivity contribution is 0.470. The van der Waals surface area contributed by atoms with Gasteiger partial charge in [0.05, 0.1) is 11.6 Å². The van der Waals surface area contributed by atoms with Gasteiger partial charge in [-0.15, -0.1) is 0 Å². The normalized spacial score (nSPS) is 9.94. The Hall–Kier alpha value is -2.27. The topological polar surface area (TPSA) is 44.0 Å². The van der Waals surface area contributed by atoms with Crippen LogP contribution in [0.1, 0.15) is 16.7 Å². The van der Waals surface area contributed by atoms with E-state index in [9.17, 15) is 5.11 Å². The first-order chi connectivity index (χ1) is 8.13. The number of nitriles is 1. The number of aromatic hydroxyl groups is 1. The Morgan fingerprint density at radius 3 is 2.18 bits per heavy atom. The molecule has 0 unspecified atom stereocenters. The van der Waals surface area contributed by atoms with Crippen LogP contribution in [0.2, 0.25) is 0 Å². The van der Waals surface area contributed by atoms with Crippen molar-refractivity contribution >= 4 is 0 Å². The van der Waals surface area contributed by atoms with Crippen molar-refractivity contribution < 1.29 is 5.11 Å². The molecule has 2 heteroatoms. The third kappa shape index (κ3) is 2.00. The zero-order chi connectivity index (χ0) is 12.4. The molecular formula is C15H13NO. The Kier molecular flexibility index (Phi) is 2.84. The molecule has 0 fully saturated rings. The van der Waals surface area contributed by atoms with Crippen LogP contribution in [-0.4, -0.2) is 5.11 Å². The van der Waals surface area contributed by atoms with Crippen molar-refractivity contribution in [2.24, 2.45) is 0 Å². The average Bonchev–Trinajstić information content (AvgIpc) is 2.36. The minimum Gasteiger partial charge on any atom is -0.508 e. The number of phenolic OH excluding ortho intramolecular Hbond substituents is 1. The molecule has 0 spiro atoms. The molecule has 0 amide bonds. The third-order valence-electron chi connectivity index (χ3n) is 3.08. The van der Waals surface area contributed by atoms with Gasteiger partial charge in [-0.05, 0) is 54.3 Å². The maximum Gasteiger partial charge on any atom is 0.118 e. The van der Waals surface area contributed by atoms with Crippen LogP contribution in [0.5, 0.6) is 5.75 Å². The molecule has 0 bridgehead atoms. The van der Waals surface area contributed by atoms with Crippen LogP contribution in [0, 0.1) is 25.2 Å². The smallest absolute Gasteiger partial charge is 0.118 e. The van der Waals surface area contributed by atoms with Crippen molar-refractivity contribution in [1.29, 1.82) is 5.26 Å². The molecule has 2 nitrogen and oxygen atoms in total. The zero-order valence-electron chi connectivity index (χ0n) is 9.86. The van der Waals surface area contributed by atoms with Crippen LogP contribution < -0.4 is 0 Å². The summed E-state index contributed by atoms with van der Waals surface area (Å²) < 4.78 is 0. The number of phenols is 1. The molecule has 2 aromatic carbocycles. The van der Waals surface area contributed by atoms with Crippen molar-refractivity contribution in [3.05, 3.63) is 53.1 Å². The van der Waals surface area contributed by atoms with Crippen LogP contribution in [0.3, 0.4) is 0 Å². The van der Waals surface area contributed by atoms with Gasteiger partial charge in [0.15, 0.2) is 0 Å². The molecule has 17 heavy (non-hydrogen) atoms. The van der Waals surface area contributed by atoms with E-state index in [0.717, 1.165) is 22.3 Å². The van der Waals surface area contributed by atoms with E-state index in [-0.39, 0.29) is 0 Å². The van der Waals surface area contributed by atoms with Gasteiger partial charge >= 0.3 is 0 Å². The van der Waals surface area contributed by atoms with Gasteiger partial charge in [0.2, 0.25) is 0 Å². The largest absolute Gasteiger partial charge is 0.508 e. The average molecular weight is 223 g/mol. The molecule has 0 aliphatic carbocycles. The predicted molar refractivity (Wildman–Crippen MR) is 67.7 cm³/mol. The van der Waals surface area contributed by atoms with Crippen molar-refractivity contribution in [2.45, 2.75) is 13.8 Å². The lowest BCUT2D eigenvalue weighted by Gasteiger charge is -2.10. The van der Waals surface area contributed by atoms with Crippen LogP contribution >= 0.6 is 0 Å². The standard InChI is InChI=1S/C15H13NO/c1-10-11(2)15(17)8-7-14(10)13-5-3-12(9-16)4-6-13/h3-8,17H,1-2H3. The van der Waals surface area contributed by atoms with Gasteiger partial charge in [0.25, 0.3) is 0 Å². The Morgan fingerprint density at radius 2 is 1.59 bits per heavy atom. The van der Waals surface area contributed by atoms with Crippen molar-refractivity contribution in [2.75, 3.05) is 0 Å². The summed E-state index contributed by atoms with van der Waals surface area (Å²) >= 11 is 0. The SMILES string of the molecule is Cc1c(O)ccc(-c2ccc(C#N)cc2)c1C. The number of nitrogens with zero attached hydrogens (tertiary/aromatic N) is 1. The third-order valence-corrected chi connectivity index (χ3v) is 3.08. The fourth-order valence-electron chi connectivity index (χ4n) is 1.84. The van der Waals surface area contributed by atoms with E-state index in [1.165, 1.54) is 0 Å². The first-order valence-corrected chi connectivity index (χ1v) is 5.43. The summed E-state index contributed by atoms with van der Waals surface area (Å²) in [4.78, 5) is 0. The van der Waals surface area contributed by atoms with Crippen LogP contribution in [0.4, 0.5) is 0 Å². The highest BCUT2D eigenvalue weighted by Gasteiger charge is 2.07. The minimum atomic E-state index is 0.319. The molecule has 1 N–H and O–H groups in total. The van der Waals surface area contributed by atoms with Gasteiger partial charge in [-0.25, -0.2) is 0 Å². The van der Waals surface area contributed by atoms with Gasteiger partial charge in [-0.1, -0.05) is 18.2 Å². The summed E-state index contributed by atoms with van der Waals surface area (Å²) in [6.45, 7) is 3.89. The summed E-state index contributed by atoms with van der Waals surface area (Å²) in [6.07, 6.45) is 0. The first kappa shape index (κ1) is 11.2. The Balaban J connectivity index is 2.54. The fraction of sp³-hybridized carbons (Fsp3) is 0.133. The van der Waals surface area contributed by atoms with Gasteiger partial charge in [0, 0.05) is 0 Å². The number of hydrogen-bond donors (Lipinski definition) is 1. The van der Waals surface area contributed by atoms with E-state index in [1.807, 2.05) is 32.0 Å². The second kappa shape index (κ2) is 4.31. The molecule has 0 aliphatic rings. The van der Waals surface area contributed by atoms with E-state index < -0.39 is 0 Å². The summed E-state index contributed by atoms with van der Waals surface area (Å²) in [7, 11) is 0.